The van der Waals surface area contributed by atoms with E-state index < -0.39 is 0 Å². The van der Waals surface area contributed by atoms with Gasteiger partial charge in [0, 0.05) is 45.6 Å². The number of hydrogen-bond donors (Lipinski definition) is 0. The van der Waals surface area contributed by atoms with E-state index in [1.165, 1.54) is 24.8 Å². The molecule has 3 heterocycles. The van der Waals surface area contributed by atoms with Crippen LogP contribution in [0.2, 0.25) is 0 Å². The third-order valence-electron chi connectivity index (χ3n) is 6.84. The van der Waals surface area contributed by atoms with Gasteiger partial charge in [-0.25, -0.2) is 4.98 Å². The summed E-state index contributed by atoms with van der Waals surface area (Å²) in [4.78, 5) is 21.5. The standard InChI is InChI=1S/C24H34N4O2/c1-26-17-18-30-21-9-4-3-7-20(21)8-5-6-10-24(19-26)11-14-28(15-12-24)23(29)22-25-13-16-27(22)2/h3-4,7,9,13,16H,5-6,8,10-12,14-15,17-19H2,1-2H3. The van der Waals surface area contributed by atoms with Gasteiger partial charge in [-0.15, -0.1) is 0 Å². The van der Waals surface area contributed by atoms with Crippen LogP contribution in [-0.2, 0) is 13.5 Å². The summed E-state index contributed by atoms with van der Waals surface area (Å²) >= 11 is 0. The van der Waals surface area contributed by atoms with Gasteiger partial charge in [-0.05, 0) is 56.2 Å². The van der Waals surface area contributed by atoms with Crippen molar-refractivity contribution in [2.45, 2.75) is 38.5 Å². The summed E-state index contributed by atoms with van der Waals surface area (Å²) in [5.41, 5.74) is 1.61. The van der Waals surface area contributed by atoms with Gasteiger partial charge >= 0.3 is 0 Å². The largest absolute Gasteiger partial charge is 0.492 e. The summed E-state index contributed by atoms with van der Waals surface area (Å²) in [6.45, 7) is 4.35. The maximum Gasteiger partial charge on any atom is 0.289 e. The predicted molar refractivity (Wildman–Crippen MR) is 118 cm³/mol. The lowest BCUT2D eigenvalue weighted by atomic mass is 9.73. The normalized spacial score (nSPS) is 20.7. The van der Waals surface area contributed by atoms with Crippen molar-refractivity contribution in [2.24, 2.45) is 12.5 Å². The van der Waals surface area contributed by atoms with Crippen LogP contribution in [0.1, 0.15) is 48.3 Å². The zero-order valence-corrected chi connectivity index (χ0v) is 18.3. The first-order chi connectivity index (χ1) is 14.6. The molecule has 0 unspecified atom stereocenters. The summed E-state index contributed by atoms with van der Waals surface area (Å²) in [5.74, 6) is 1.64. The van der Waals surface area contributed by atoms with Crippen LogP contribution in [0.25, 0.3) is 0 Å². The number of aromatic nitrogens is 2. The highest BCUT2D eigenvalue weighted by Crippen LogP contribution is 2.38. The van der Waals surface area contributed by atoms with Gasteiger partial charge in [0.05, 0.1) is 0 Å². The lowest BCUT2D eigenvalue weighted by Crippen LogP contribution is -2.48. The third kappa shape index (κ3) is 4.69. The Hall–Kier alpha value is -2.34. The van der Waals surface area contributed by atoms with E-state index in [9.17, 15) is 4.79 Å². The number of piperidine rings is 1. The summed E-state index contributed by atoms with van der Waals surface area (Å²) in [7, 11) is 4.09. The zero-order valence-electron chi connectivity index (χ0n) is 18.3. The molecule has 1 amide bonds. The molecule has 0 bridgehead atoms. The Morgan fingerprint density at radius 1 is 1.07 bits per heavy atom. The summed E-state index contributed by atoms with van der Waals surface area (Å²) in [6.07, 6.45) is 10.4. The number of ether oxygens (including phenoxy) is 1. The highest BCUT2D eigenvalue weighted by atomic mass is 16.5. The van der Waals surface area contributed by atoms with Gasteiger partial charge in [0.1, 0.15) is 12.4 Å². The molecule has 30 heavy (non-hydrogen) atoms. The van der Waals surface area contributed by atoms with Crippen molar-refractivity contribution >= 4 is 5.91 Å². The fraction of sp³-hybridized carbons (Fsp3) is 0.583. The Bertz CT molecular complexity index is 854. The molecule has 1 spiro atoms. The van der Waals surface area contributed by atoms with Crippen LogP contribution in [0.5, 0.6) is 5.75 Å². The summed E-state index contributed by atoms with van der Waals surface area (Å²) < 4.78 is 7.92. The average molecular weight is 411 g/mol. The van der Waals surface area contributed by atoms with Crippen molar-refractivity contribution in [3.8, 4) is 5.75 Å². The average Bonchev–Trinajstić information content (AvgIpc) is 3.17. The van der Waals surface area contributed by atoms with Crippen molar-refractivity contribution in [3.63, 3.8) is 0 Å². The molecule has 2 aliphatic heterocycles. The van der Waals surface area contributed by atoms with Gasteiger partial charge in [0.2, 0.25) is 0 Å². The number of para-hydroxylation sites is 1. The molecule has 4 rings (SSSR count). The molecule has 2 aliphatic rings. The first-order valence-electron chi connectivity index (χ1n) is 11.2. The van der Waals surface area contributed by atoms with Crippen LogP contribution >= 0.6 is 0 Å². The molecule has 0 aliphatic carbocycles. The number of benzene rings is 1. The first kappa shape index (κ1) is 20.9. The smallest absolute Gasteiger partial charge is 0.289 e. The second kappa shape index (κ2) is 9.21. The maximum atomic E-state index is 12.9. The molecule has 162 valence electrons. The van der Waals surface area contributed by atoms with Gasteiger partial charge in [0.25, 0.3) is 5.91 Å². The summed E-state index contributed by atoms with van der Waals surface area (Å²) in [5, 5.41) is 0. The van der Waals surface area contributed by atoms with Crippen LogP contribution in [0.3, 0.4) is 0 Å². The van der Waals surface area contributed by atoms with Crippen LogP contribution in [0.4, 0.5) is 0 Å². The number of carbonyl (C=O) groups is 1. The molecule has 1 aromatic carbocycles. The monoisotopic (exact) mass is 410 g/mol. The molecule has 6 heteroatoms. The number of hydrogen-bond acceptors (Lipinski definition) is 4. The minimum Gasteiger partial charge on any atom is -0.492 e. The Morgan fingerprint density at radius 3 is 2.63 bits per heavy atom. The van der Waals surface area contributed by atoms with Crippen molar-refractivity contribution in [1.82, 2.24) is 19.4 Å². The molecule has 1 fully saturated rings. The van der Waals surface area contributed by atoms with Crippen LogP contribution in [-0.4, -0.2) is 65.1 Å². The lowest BCUT2D eigenvalue weighted by molar-refractivity contribution is 0.0414. The zero-order chi connectivity index (χ0) is 21.0. The SMILES string of the molecule is CN1CCOc2ccccc2CCCCC2(CCN(C(=O)c3nccn3C)CC2)C1. The van der Waals surface area contributed by atoms with E-state index in [2.05, 4.69) is 41.2 Å². The number of carbonyl (C=O) groups excluding carboxylic acids is 1. The van der Waals surface area contributed by atoms with Crippen molar-refractivity contribution in [2.75, 3.05) is 39.8 Å². The minimum absolute atomic E-state index is 0.0591. The molecule has 1 aromatic heterocycles. The van der Waals surface area contributed by atoms with Crippen molar-refractivity contribution in [3.05, 3.63) is 48.0 Å². The molecular formula is C24H34N4O2. The van der Waals surface area contributed by atoms with E-state index in [1.54, 1.807) is 6.20 Å². The van der Waals surface area contributed by atoms with Gasteiger partial charge < -0.3 is 19.1 Å². The fourth-order valence-electron chi connectivity index (χ4n) is 5.01. The topological polar surface area (TPSA) is 50.6 Å². The Labute approximate surface area is 179 Å². The maximum absolute atomic E-state index is 12.9. The summed E-state index contributed by atoms with van der Waals surface area (Å²) in [6, 6.07) is 8.46. The second-order valence-corrected chi connectivity index (χ2v) is 9.06. The Morgan fingerprint density at radius 2 is 1.87 bits per heavy atom. The number of imidazole rings is 1. The number of likely N-dealkylation sites (N-methyl/N-ethyl adjacent to an activating group) is 1. The van der Waals surface area contributed by atoms with E-state index in [-0.39, 0.29) is 11.3 Å². The molecule has 2 aromatic rings. The van der Waals surface area contributed by atoms with E-state index in [0.717, 1.165) is 51.2 Å². The molecule has 0 saturated carbocycles. The fourth-order valence-corrected chi connectivity index (χ4v) is 5.01. The molecule has 0 atom stereocenters. The molecule has 6 nitrogen and oxygen atoms in total. The van der Waals surface area contributed by atoms with Gasteiger partial charge in [-0.2, -0.15) is 0 Å². The van der Waals surface area contributed by atoms with E-state index in [0.29, 0.717) is 12.4 Å². The van der Waals surface area contributed by atoms with Crippen LogP contribution in [0.15, 0.2) is 36.7 Å². The van der Waals surface area contributed by atoms with Gasteiger partial charge in [0.15, 0.2) is 5.82 Å². The van der Waals surface area contributed by atoms with Gasteiger partial charge in [-0.1, -0.05) is 24.6 Å². The number of fused-ring (bicyclic) bond motifs is 1. The van der Waals surface area contributed by atoms with Crippen LogP contribution < -0.4 is 4.74 Å². The quantitative estimate of drug-likeness (QED) is 0.723. The Kier molecular flexibility index (Phi) is 6.42. The molecular weight excluding hydrogens is 376 g/mol. The van der Waals surface area contributed by atoms with Gasteiger partial charge in [-0.3, -0.25) is 4.79 Å². The van der Waals surface area contributed by atoms with E-state index in [1.807, 2.05) is 22.7 Å². The van der Waals surface area contributed by atoms with Crippen LogP contribution in [0, 0.1) is 5.41 Å². The first-order valence-corrected chi connectivity index (χ1v) is 11.2. The predicted octanol–water partition coefficient (Wildman–Crippen LogP) is 3.38. The highest BCUT2D eigenvalue weighted by Gasteiger charge is 2.37. The van der Waals surface area contributed by atoms with E-state index >= 15 is 0 Å². The molecule has 0 radical (unpaired) electrons. The second-order valence-electron chi connectivity index (χ2n) is 9.06. The third-order valence-corrected chi connectivity index (χ3v) is 6.84. The molecule has 0 N–H and O–H groups in total. The van der Waals surface area contributed by atoms with E-state index in [4.69, 9.17) is 4.74 Å². The number of likely N-dealkylation sites (tertiary alicyclic amines) is 1. The number of nitrogens with zero attached hydrogens (tertiary/aromatic N) is 4. The lowest BCUT2D eigenvalue weighted by Gasteiger charge is -2.44. The number of rotatable bonds is 1. The highest BCUT2D eigenvalue weighted by molar-refractivity contribution is 5.90. The van der Waals surface area contributed by atoms with Crippen molar-refractivity contribution < 1.29 is 9.53 Å². The number of amides is 1. The number of aryl methyl sites for hydroxylation is 2. The Balaban J connectivity index is 1.41. The minimum atomic E-state index is 0.0591. The molecule has 1 saturated heterocycles. The van der Waals surface area contributed by atoms with Crippen molar-refractivity contribution in [1.29, 1.82) is 0 Å².